The predicted octanol–water partition coefficient (Wildman–Crippen LogP) is 5.20. The highest BCUT2D eigenvalue weighted by atomic mass is 127. The van der Waals surface area contributed by atoms with Crippen molar-refractivity contribution in [2.45, 2.75) is 20.8 Å². The fraction of sp³-hybridized carbons (Fsp3) is 0.214. The maximum absolute atomic E-state index is 13.1. The summed E-state index contributed by atoms with van der Waals surface area (Å²) in [6, 6.07) is 4.39. The van der Waals surface area contributed by atoms with Crippen molar-refractivity contribution in [3.63, 3.8) is 0 Å². The largest absolute Gasteiger partial charge is 0.438 e. The molecule has 0 aliphatic carbocycles. The number of hydrogen-bond acceptors (Lipinski definition) is 2. The van der Waals surface area contributed by atoms with Crippen LogP contribution in [0.3, 0.4) is 0 Å². The number of benzene rings is 1. The minimum atomic E-state index is -0.282. The van der Waals surface area contributed by atoms with E-state index in [0.29, 0.717) is 22.3 Å². The van der Waals surface area contributed by atoms with Crippen LogP contribution in [0, 0.1) is 30.2 Å². The van der Waals surface area contributed by atoms with Gasteiger partial charge in [0.2, 0.25) is 5.88 Å². The molecule has 0 amide bonds. The summed E-state index contributed by atoms with van der Waals surface area (Å²) in [7, 11) is 0. The van der Waals surface area contributed by atoms with E-state index in [-0.39, 0.29) is 5.82 Å². The average Bonchev–Trinajstić information content (AvgIpc) is 2.36. The summed E-state index contributed by atoms with van der Waals surface area (Å²) < 4.78 is 19.7. The van der Waals surface area contributed by atoms with Gasteiger partial charge >= 0.3 is 0 Å². The minimum Gasteiger partial charge on any atom is -0.438 e. The first-order chi connectivity index (χ1) is 8.90. The lowest BCUT2D eigenvalue weighted by atomic mass is 10.2. The van der Waals surface area contributed by atoms with E-state index in [4.69, 9.17) is 16.3 Å². The molecule has 0 saturated carbocycles. The Morgan fingerprint density at radius 3 is 2.58 bits per heavy atom. The summed E-state index contributed by atoms with van der Waals surface area (Å²) >= 11 is 8.28. The van der Waals surface area contributed by atoms with Gasteiger partial charge in [-0.1, -0.05) is 11.6 Å². The predicted molar refractivity (Wildman–Crippen MR) is 82.6 cm³/mol. The van der Waals surface area contributed by atoms with E-state index in [9.17, 15) is 4.39 Å². The van der Waals surface area contributed by atoms with Crippen LogP contribution in [0.5, 0.6) is 11.6 Å². The number of halogens is 3. The summed E-state index contributed by atoms with van der Waals surface area (Å²) in [5.74, 6) is 0.804. The number of hydrogen-bond donors (Lipinski definition) is 0. The molecule has 100 valence electrons. The fourth-order valence-corrected chi connectivity index (χ4v) is 2.47. The van der Waals surface area contributed by atoms with Crippen molar-refractivity contribution in [2.24, 2.45) is 0 Å². The van der Waals surface area contributed by atoms with E-state index in [1.807, 2.05) is 13.8 Å². The molecule has 0 aliphatic heterocycles. The molecule has 5 heteroatoms. The van der Waals surface area contributed by atoms with Gasteiger partial charge in [-0.05, 0) is 72.7 Å². The number of aryl methyl sites for hydroxylation is 2. The third-order valence-electron chi connectivity index (χ3n) is 2.78. The van der Waals surface area contributed by atoms with Gasteiger partial charge in [0.05, 0.1) is 14.3 Å². The van der Waals surface area contributed by atoms with Gasteiger partial charge in [0, 0.05) is 0 Å². The van der Waals surface area contributed by atoms with Gasteiger partial charge in [-0.25, -0.2) is 9.37 Å². The monoisotopic (exact) mass is 391 g/mol. The highest BCUT2D eigenvalue weighted by Gasteiger charge is 2.14. The molecule has 0 fully saturated rings. The Bertz CT molecular complexity index is 646. The zero-order chi connectivity index (χ0) is 14.2. The molecule has 0 radical (unpaired) electrons. The number of ether oxygens (including phenoxy) is 1. The number of aromatic nitrogens is 1. The Hall–Kier alpha value is -0.880. The molecule has 1 aromatic heterocycles. The van der Waals surface area contributed by atoms with E-state index < -0.39 is 0 Å². The van der Waals surface area contributed by atoms with E-state index in [1.54, 1.807) is 13.0 Å². The maximum Gasteiger partial charge on any atom is 0.233 e. The van der Waals surface area contributed by atoms with Crippen molar-refractivity contribution in [2.75, 3.05) is 0 Å². The van der Waals surface area contributed by atoms with Crippen molar-refractivity contribution < 1.29 is 9.13 Å². The lowest BCUT2D eigenvalue weighted by Crippen LogP contribution is -1.99. The molecule has 0 unspecified atom stereocenters. The second kappa shape index (κ2) is 5.63. The van der Waals surface area contributed by atoms with Gasteiger partial charge in [-0.3, -0.25) is 0 Å². The molecule has 0 spiro atoms. The number of pyridine rings is 1. The highest BCUT2D eigenvalue weighted by Crippen LogP contribution is 2.33. The van der Waals surface area contributed by atoms with Crippen molar-refractivity contribution in [1.29, 1.82) is 0 Å². The van der Waals surface area contributed by atoms with E-state index in [2.05, 4.69) is 27.6 Å². The third-order valence-corrected chi connectivity index (χ3v) is 4.60. The van der Waals surface area contributed by atoms with Crippen LogP contribution >= 0.6 is 34.2 Å². The van der Waals surface area contributed by atoms with Crippen LogP contribution in [0.4, 0.5) is 4.39 Å². The summed E-state index contributed by atoms with van der Waals surface area (Å²) in [6.45, 7) is 5.54. The van der Waals surface area contributed by atoms with Gasteiger partial charge in [0.15, 0.2) is 0 Å². The van der Waals surface area contributed by atoms with E-state index >= 15 is 0 Å². The normalized spacial score (nSPS) is 10.6. The second-order valence-corrected chi connectivity index (χ2v) is 5.72. The van der Waals surface area contributed by atoms with Crippen LogP contribution in [0.25, 0.3) is 0 Å². The summed E-state index contributed by atoms with van der Waals surface area (Å²) in [5, 5.41) is 0.646. The molecule has 1 heterocycles. The lowest BCUT2D eigenvalue weighted by molar-refractivity contribution is 0.452. The molecule has 2 rings (SSSR count). The average molecular weight is 392 g/mol. The Labute approximate surface area is 130 Å². The summed E-state index contributed by atoms with van der Waals surface area (Å²) in [6.07, 6.45) is 0. The second-order valence-electron chi connectivity index (χ2n) is 4.27. The first-order valence-corrected chi connectivity index (χ1v) is 7.12. The van der Waals surface area contributed by atoms with E-state index in [0.717, 1.165) is 14.7 Å². The molecule has 2 aromatic rings. The van der Waals surface area contributed by atoms with Crippen LogP contribution in [-0.2, 0) is 0 Å². The maximum atomic E-state index is 13.1. The molecule has 0 saturated heterocycles. The summed E-state index contributed by atoms with van der Waals surface area (Å²) in [4.78, 5) is 4.34. The minimum absolute atomic E-state index is 0.282. The van der Waals surface area contributed by atoms with Gasteiger partial charge < -0.3 is 4.74 Å². The van der Waals surface area contributed by atoms with Crippen LogP contribution in [-0.4, -0.2) is 4.98 Å². The standard InChI is InChI=1S/C14H12ClFINO/c1-7-6-10(16)4-5-11(7)19-14-13(17)8(2)12(15)9(3)18-14/h4-6H,1-3H3. The van der Waals surface area contributed by atoms with Crippen molar-refractivity contribution in [3.05, 3.63) is 49.4 Å². The SMILES string of the molecule is Cc1cc(F)ccc1Oc1nc(C)c(Cl)c(C)c1I. The Kier molecular flexibility index (Phi) is 4.30. The van der Waals surface area contributed by atoms with Crippen LogP contribution in [0.15, 0.2) is 18.2 Å². The smallest absolute Gasteiger partial charge is 0.233 e. The Morgan fingerprint density at radius 2 is 1.95 bits per heavy atom. The molecule has 0 atom stereocenters. The van der Waals surface area contributed by atoms with Crippen LogP contribution in [0.2, 0.25) is 5.02 Å². The van der Waals surface area contributed by atoms with Crippen molar-refractivity contribution in [3.8, 4) is 11.6 Å². The van der Waals surface area contributed by atoms with Crippen LogP contribution in [0.1, 0.15) is 16.8 Å². The summed E-state index contributed by atoms with van der Waals surface area (Å²) in [5.41, 5.74) is 2.38. The van der Waals surface area contributed by atoms with Gasteiger partial charge in [-0.15, -0.1) is 0 Å². The van der Waals surface area contributed by atoms with Gasteiger partial charge in [0.1, 0.15) is 11.6 Å². The van der Waals surface area contributed by atoms with Crippen molar-refractivity contribution >= 4 is 34.2 Å². The number of nitrogens with zero attached hydrogens (tertiary/aromatic N) is 1. The molecule has 1 aromatic carbocycles. The topological polar surface area (TPSA) is 22.1 Å². The Balaban J connectivity index is 2.44. The molecule has 0 N–H and O–H groups in total. The molecule has 0 bridgehead atoms. The van der Waals surface area contributed by atoms with Crippen molar-refractivity contribution in [1.82, 2.24) is 4.98 Å². The van der Waals surface area contributed by atoms with Gasteiger partial charge in [0.25, 0.3) is 0 Å². The first kappa shape index (κ1) is 14.5. The lowest BCUT2D eigenvalue weighted by Gasteiger charge is -2.13. The third kappa shape index (κ3) is 3.00. The zero-order valence-electron chi connectivity index (χ0n) is 10.7. The molecular formula is C14H12ClFINO. The number of rotatable bonds is 2. The zero-order valence-corrected chi connectivity index (χ0v) is 13.6. The molecule has 0 aliphatic rings. The van der Waals surface area contributed by atoms with Crippen LogP contribution < -0.4 is 4.74 Å². The quantitative estimate of drug-likeness (QED) is 0.657. The van der Waals surface area contributed by atoms with Gasteiger partial charge in [-0.2, -0.15) is 0 Å². The molecular weight excluding hydrogens is 380 g/mol. The first-order valence-electron chi connectivity index (χ1n) is 5.66. The Morgan fingerprint density at radius 1 is 1.26 bits per heavy atom. The molecule has 2 nitrogen and oxygen atoms in total. The highest BCUT2D eigenvalue weighted by molar-refractivity contribution is 14.1. The fourth-order valence-electron chi connectivity index (χ4n) is 1.68. The molecule has 19 heavy (non-hydrogen) atoms. The van der Waals surface area contributed by atoms with E-state index in [1.165, 1.54) is 12.1 Å².